The van der Waals surface area contributed by atoms with Crippen molar-refractivity contribution in [3.05, 3.63) is 66.5 Å². The molecule has 6 nitrogen and oxygen atoms in total. The van der Waals surface area contributed by atoms with Crippen LogP contribution in [0.4, 0.5) is 0 Å². The monoisotopic (exact) mass is 340 g/mol. The molecular weight excluding hydrogens is 328 g/mol. The zero-order valence-corrected chi connectivity index (χ0v) is 13.5. The summed E-state index contributed by atoms with van der Waals surface area (Å²) in [6.07, 6.45) is 3.50. The average Bonchev–Trinajstić information content (AvgIpc) is 3.14. The zero-order valence-electron chi connectivity index (χ0n) is 13.5. The molecule has 6 heteroatoms. The fraction of sp³-hybridized carbons (Fsp3) is 0. The number of aromatic carboxylic acids is 1. The van der Waals surface area contributed by atoms with E-state index in [2.05, 4.69) is 15.0 Å². The summed E-state index contributed by atoms with van der Waals surface area (Å²) in [5.74, 6) is -0.270. The van der Waals surface area contributed by atoms with Crippen LogP contribution in [-0.4, -0.2) is 31.0 Å². The van der Waals surface area contributed by atoms with Gasteiger partial charge in [-0.3, -0.25) is 9.97 Å². The van der Waals surface area contributed by atoms with Crippen LogP contribution in [0.5, 0.6) is 0 Å². The van der Waals surface area contributed by atoms with Crippen molar-refractivity contribution >= 4 is 38.8 Å². The topological polar surface area (TPSA) is 91.8 Å². The van der Waals surface area contributed by atoms with Gasteiger partial charge in [0.1, 0.15) is 5.82 Å². The lowest BCUT2D eigenvalue weighted by atomic mass is 10.1. The van der Waals surface area contributed by atoms with Gasteiger partial charge in [0.15, 0.2) is 0 Å². The van der Waals surface area contributed by atoms with Crippen molar-refractivity contribution < 1.29 is 9.90 Å². The standard InChI is InChI=1S/C20H12N4O2/c25-20(26)12-7-5-11(6-8-12)19-23-17-13-3-1-9-21-15(13)16-14(18(17)24-19)4-2-10-22-16/h1-10H,(H,23,24)(H,25,26). The number of H-pyrrole nitrogens is 1. The Hall–Kier alpha value is -3.80. The van der Waals surface area contributed by atoms with Crippen LogP contribution in [0.3, 0.4) is 0 Å². The molecule has 3 aromatic heterocycles. The minimum absolute atomic E-state index is 0.245. The predicted octanol–water partition coefficient (Wildman–Crippen LogP) is 4.02. The lowest BCUT2D eigenvalue weighted by Gasteiger charge is -2.03. The summed E-state index contributed by atoms with van der Waals surface area (Å²) < 4.78 is 0. The van der Waals surface area contributed by atoms with E-state index in [1.54, 1.807) is 36.7 Å². The Morgan fingerprint density at radius 2 is 1.50 bits per heavy atom. The van der Waals surface area contributed by atoms with Gasteiger partial charge >= 0.3 is 5.97 Å². The molecule has 0 saturated heterocycles. The molecule has 0 radical (unpaired) electrons. The Kier molecular flexibility index (Phi) is 2.99. The number of rotatable bonds is 2. The molecular formula is C20H12N4O2. The number of hydrogen-bond donors (Lipinski definition) is 2. The molecule has 0 aliphatic carbocycles. The normalized spacial score (nSPS) is 11.4. The van der Waals surface area contributed by atoms with E-state index in [9.17, 15) is 4.79 Å². The number of carboxylic acids is 1. The summed E-state index contributed by atoms with van der Waals surface area (Å²) in [6.45, 7) is 0. The highest BCUT2D eigenvalue weighted by Gasteiger charge is 2.15. The maximum atomic E-state index is 11.0. The number of fused-ring (bicyclic) bond motifs is 6. The average molecular weight is 340 g/mol. The number of aromatic nitrogens is 4. The molecule has 2 N–H and O–H groups in total. The number of nitrogens with zero attached hydrogens (tertiary/aromatic N) is 3. The first-order chi connectivity index (χ1) is 12.7. The highest BCUT2D eigenvalue weighted by molar-refractivity contribution is 6.21. The van der Waals surface area contributed by atoms with Crippen LogP contribution in [0.2, 0.25) is 0 Å². The van der Waals surface area contributed by atoms with Gasteiger partial charge in [-0.25, -0.2) is 9.78 Å². The van der Waals surface area contributed by atoms with Crippen LogP contribution >= 0.6 is 0 Å². The SMILES string of the molecule is O=C(O)c1ccc(-c2nc3c4cccnc4c4ncccc4c3[nH]2)cc1. The first-order valence-corrected chi connectivity index (χ1v) is 8.07. The van der Waals surface area contributed by atoms with Gasteiger partial charge in [-0.1, -0.05) is 12.1 Å². The van der Waals surface area contributed by atoms with E-state index in [0.717, 1.165) is 38.4 Å². The zero-order chi connectivity index (χ0) is 17.7. The van der Waals surface area contributed by atoms with Crippen molar-refractivity contribution in [1.29, 1.82) is 0 Å². The third-order valence-corrected chi connectivity index (χ3v) is 4.47. The summed E-state index contributed by atoms with van der Waals surface area (Å²) >= 11 is 0. The molecule has 0 saturated carbocycles. The van der Waals surface area contributed by atoms with Crippen LogP contribution in [-0.2, 0) is 0 Å². The molecule has 26 heavy (non-hydrogen) atoms. The molecule has 0 fully saturated rings. The molecule has 0 atom stereocenters. The Morgan fingerprint density at radius 3 is 2.19 bits per heavy atom. The van der Waals surface area contributed by atoms with Gasteiger partial charge in [0, 0.05) is 28.7 Å². The Bertz CT molecular complexity index is 1230. The Morgan fingerprint density at radius 1 is 0.846 bits per heavy atom. The van der Waals surface area contributed by atoms with Gasteiger partial charge in [0.25, 0.3) is 0 Å². The van der Waals surface area contributed by atoms with E-state index in [-0.39, 0.29) is 5.56 Å². The number of carbonyl (C=O) groups is 1. The van der Waals surface area contributed by atoms with Crippen LogP contribution in [0.1, 0.15) is 10.4 Å². The van der Waals surface area contributed by atoms with Crippen molar-refractivity contribution in [2.45, 2.75) is 0 Å². The van der Waals surface area contributed by atoms with E-state index in [4.69, 9.17) is 10.1 Å². The summed E-state index contributed by atoms with van der Waals surface area (Å²) in [4.78, 5) is 28.2. The molecule has 0 spiro atoms. The summed E-state index contributed by atoms with van der Waals surface area (Å²) in [6, 6.07) is 14.4. The second-order valence-electron chi connectivity index (χ2n) is 5.99. The van der Waals surface area contributed by atoms with Gasteiger partial charge in [-0.15, -0.1) is 0 Å². The van der Waals surface area contributed by atoms with Crippen LogP contribution in [0.25, 0.3) is 44.2 Å². The van der Waals surface area contributed by atoms with Gasteiger partial charge < -0.3 is 10.1 Å². The molecule has 5 rings (SSSR count). The second-order valence-corrected chi connectivity index (χ2v) is 5.99. The number of benzene rings is 2. The van der Waals surface area contributed by atoms with E-state index in [0.29, 0.717) is 5.82 Å². The second kappa shape index (κ2) is 5.35. The number of imidazole rings is 1. The minimum atomic E-state index is -0.949. The van der Waals surface area contributed by atoms with Gasteiger partial charge in [0.05, 0.1) is 27.6 Å². The first-order valence-electron chi connectivity index (χ1n) is 8.07. The van der Waals surface area contributed by atoms with Crippen molar-refractivity contribution in [3.8, 4) is 11.4 Å². The molecule has 0 aliphatic heterocycles. The molecule has 0 unspecified atom stereocenters. The smallest absolute Gasteiger partial charge is 0.335 e. The maximum Gasteiger partial charge on any atom is 0.335 e. The van der Waals surface area contributed by atoms with E-state index < -0.39 is 5.97 Å². The van der Waals surface area contributed by atoms with Crippen LogP contribution in [0, 0.1) is 0 Å². The lowest BCUT2D eigenvalue weighted by Crippen LogP contribution is -1.95. The predicted molar refractivity (Wildman–Crippen MR) is 99.1 cm³/mol. The fourth-order valence-electron chi connectivity index (χ4n) is 3.25. The largest absolute Gasteiger partial charge is 0.478 e. The molecule has 3 heterocycles. The third kappa shape index (κ3) is 2.05. The van der Waals surface area contributed by atoms with E-state index in [1.165, 1.54) is 0 Å². The van der Waals surface area contributed by atoms with Crippen molar-refractivity contribution in [3.63, 3.8) is 0 Å². The fourth-order valence-corrected chi connectivity index (χ4v) is 3.25. The molecule has 0 aliphatic rings. The Labute approximate surface area is 147 Å². The number of aromatic amines is 1. The quantitative estimate of drug-likeness (QED) is 0.473. The molecule has 5 aromatic rings. The number of hydrogen-bond acceptors (Lipinski definition) is 4. The van der Waals surface area contributed by atoms with Crippen molar-refractivity contribution in [1.82, 2.24) is 19.9 Å². The van der Waals surface area contributed by atoms with Gasteiger partial charge in [-0.05, 0) is 36.4 Å². The Balaban J connectivity index is 1.83. The van der Waals surface area contributed by atoms with Gasteiger partial charge in [-0.2, -0.15) is 0 Å². The summed E-state index contributed by atoms with van der Waals surface area (Å²) in [5, 5.41) is 10.9. The van der Waals surface area contributed by atoms with Crippen molar-refractivity contribution in [2.24, 2.45) is 0 Å². The number of pyridine rings is 2. The number of nitrogens with one attached hydrogen (secondary N) is 1. The maximum absolute atomic E-state index is 11.0. The third-order valence-electron chi connectivity index (χ3n) is 4.47. The van der Waals surface area contributed by atoms with Gasteiger partial charge in [0.2, 0.25) is 0 Å². The van der Waals surface area contributed by atoms with Crippen LogP contribution in [0.15, 0.2) is 60.9 Å². The van der Waals surface area contributed by atoms with E-state index >= 15 is 0 Å². The van der Waals surface area contributed by atoms with Crippen molar-refractivity contribution in [2.75, 3.05) is 0 Å². The first kappa shape index (κ1) is 14.5. The lowest BCUT2D eigenvalue weighted by molar-refractivity contribution is 0.0697. The molecule has 0 bridgehead atoms. The number of carboxylic acid groups (broad SMARTS) is 1. The molecule has 124 valence electrons. The molecule has 2 aromatic carbocycles. The summed E-state index contributed by atoms with van der Waals surface area (Å²) in [7, 11) is 0. The highest BCUT2D eigenvalue weighted by atomic mass is 16.4. The van der Waals surface area contributed by atoms with E-state index in [1.807, 2.05) is 24.3 Å². The highest BCUT2D eigenvalue weighted by Crippen LogP contribution is 2.33. The molecule has 0 amide bonds. The summed E-state index contributed by atoms with van der Waals surface area (Å²) in [5.41, 5.74) is 4.42. The van der Waals surface area contributed by atoms with Crippen LogP contribution < -0.4 is 0 Å². The minimum Gasteiger partial charge on any atom is -0.478 e.